The van der Waals surface area contributed by atoms with E-state index in [1.54, 1.807) is 16.8 Å². The van der Waals surface area contributed by atoms with Gasteiger partial charge in [0.1, 0.15) is 5.51 Å². The molecule has 16 heavy (non-hydrogen) atoms. The molecule has 0 N–H and O–H groups in total. The lowest BCUT2D eigenvalue weighted by Crippen LogP contribution is -1.82. The van der Waals surface area contributed by atoms with Gasteiger partial charge >= 0.3 is 0 Å². The molecule has 0 bridgehead atoms. The van der Waals surface area contributed by atoms with Gasteiger partial charge in [-0.25, -0.2) is 9.50 Å². The first kappa shape index (κ1) is 9.54. The first-order valence-electron chi connectivity index (χ1n) is 5.10. The summed E-state index contributed by atoms with van der Waals surface area (Å²) in [5, 5.41) is 4.18. The number of hydrogen-bond acceptors (Lipinski definition) is 3. The number of nitrogens with zero attached hydrogens (tertiary/aromatic N) is 3. The van der Waals surface area contributed by atoms with Crippen LogP contribution in [-0.2, 0) is 0 Å². The molecule has 0 aliphatic rings. The van der Waals surface area contributed by atoms with Crippen LogP contribution in [0.5, 0.6) is 0 Å². The average molecular weight is 229 g/mol. The molecule has 0 radical (unpaired) electrons. The molecule has 0 spiro atoms. The Morgan fingerprint density at radius 1 is 1.12 bits per heavy atom. The summed E-state index contributed by atoms with van der Waals surface area (Å²) in [6.07, 6.45) is 1.97. The summed E-state index contributed by atoms with van der Waals surface area (Å²) in [6, 6.07) is 6.47. The fraction of sp³-hybridized carbons (Fsp3) is 0.167. The van der Waals surface area contributed by atoms with Gasteiger partial charge in [-0.1, -0.05) is 28.5 Å². The second-order valence-corrected chi connectivity index (χ2v) is 4.78. The van der Waals surface area contributed by atoms with Gasteiger partial charge in [-0.15, -0.1) is 0 Å². The van der Waals surface area contributed by atoms with Crippen LogP contribution in [0.25, 0.3) is 16.2 Å². The molecule has 3 nitrogen and oxygen atoms in total. The lowest BCUT2D eigenvalue weighted by atomic mass is 10.1. The van der Waals surface area contributed by atoms with Crippen molar-refractivity contribution < 1.29 is 0 Å². The van der Waals surface area contributed by atoms with Crippen LogP contribution < -0.4 is 0 Å². The van der Waals surface area contributed by atoms with Gasteiger partial charge in [0.2, 0.25) is 4.96 Å². The number of benzene rings is 1. The average Bonchev–Trinajstić information content (AvgIpc) is 2.74. The van der Waals surface area contributed by atoms with Crippen LogP contribution in [0.3, 0.4) is 0 Å². The highest BCUT2D eigenvalue weighted by molar-refractivity contribution is 7.14. The number of aromatic nitrogens is 3. The Morgan fingerprint density at radius 2 is 1.88 bits per heavy atom. The number of fused-ring (bicyclic) bond motifs is 1. The van der Waals surface area contributed by atoms with Crippen molar-refractivity contribution in [3.63, 3.8) is 0 Å². The standard InChI is InChI=1S/C12H11N3S/c1-8-3-9(2)5-10(4-8)11-6-15-12(14-11)16-7-13-15/h3-7H,1-2H3. The highest BCUT2D eigenvalue weighted by atomic mass is 32.1. The highest BCUT2D eigenvalue weighted by Gasteiger charge is 2.06. The van der Waals surface area contributed by atoms with Gasteiger partial charge in [-0.05, 0) is 26.0 Å². The molecular weight excluding hydrogens is 218 g/mol. The quantitative estimate of drug-likeness (QED) is 0.642. The zero-order chi connectivity index (χ0) is 11.1. The Kier molecular flexibility index (Phi) is 2.04. The lowest BCUT2D eigenvalue weighted by Gasteiger charge is -2.01. The van der Waals surface area contributed by atoms with Crippen molar-refractivity contribution in [2.75, 3.05) is 0 Å². The molecular formula is C12H11N3S. The molecule has 3 rings (SSSR count). The molecule has 0 aliphatic heterocycles. The smallest absolute Gasteiger partial charge is 0.212 e. The fourth-order valence-corrected chi connectivity index (χ4v) is 2.50. The van der Waals surface area contributed by atoms with Gasteiger partial charge < -0.3 is 0 Å². The Morgan fingerprint density at radius 3 is 2.56 bits per heavy atom. The van der Waals surface area contributed by atoms with E-state index in [2.05, 4.69) is 42.1 Å². The molecule has 0 saturated heterocycles. The summed E-state index contributed by atoms with van der Waals surface area (Å²) in [5.74, 6) is 0. The summed E-state index contributed by atoms with van der Waals surface area (Å²) >= 11 is 1.55. The molecule has 0 unspecified atom stereocenters. The van der Waals surface area contributed by atoms with Gasteiger partial charge in [0, 0.05) is 5.56 Å². The fourth-order valence-electron chi connectivity index (χ4n) is 1.90. The van der Waals surface area contributed by atoms with Crippen molar-refractivity contribution in [1.82, 2.24) is 14.6 Å². The monoisotopic (exact) mass is 229 g/mol. The number of aryl methyl sites for hydroxylation is 2. The van der Waals surface area contributed by atoms with Crippen molar-refractivity contribution >= 4 is 16.3 Å². The molecule has 4 heteroatoms. The second-order valence-electron chi connectivity index (χ2n) is 3.97. The maximum Gasteiger partial charge on any atom is 0.212 e. The first-order chi connectivity index (χ1) is 7.72. The third-order valence-electron chi connectivity index (χ3n) is 2.50. The minimum absolute atomic E-state index is 0.939. The molecule has 2 heterocycles. The van der Waals surface area contributed by atoms with Crippen LogP contribution in [-0.4, -0.2) is 14.6 Å². The van der Waals surface area contributed by atoms with Crippen molar-refractivity contribution in [2.45, 2.75) is 13.8 Å². The molecule has 0 aliphatic carbocycles. The molecule has 80 valence electrons. The largest absolute Gasteiger partial charge is 0.217 e. The first-order valence-corrected chi connectivity index (χ1v) is 5.98. The van der Waals surface area contributed by atoms with Crippen molar-refractivity contribution in [3.05, 3.63) is 41.0 Å². The number of hydrogen-bond donors (Lipinski definition) is 0. The molecule has 1 aromatic carbocycles. The number of imidazole rings is 1. The third-order valence-corrected chi connectivity index (χ3v) is 3.19. The van der Waals surface area contributed by atoms with Crippen LogP contribution in [0.1, 0.15) is 11.1 Å². The minimum Gasteiger partial charge on any atom is -0.217 e. The predicted molar refractivity (Wildman–Crippen MR) is 65.8 cm³/mol. The molecule has 2 aromatic heterocycles. The summed E-state index contributed by atoms with van der Waals surface area (Å²) in [4.78, 5) is 5.48. The Hall–Kier alpha value is -1.68. The van der Waals surface area contributed by atoms with E-state index in [1.165, 1.54) is 11.1 Å². The summed E-state index contributed by atoms with van der Waals surface area (Å²) < 4.78 is 1.82. The minimum atomic E-state index is 0.939. The zero-order valence-corrected chi connectivity index (χ0v) is 9.95. The number of rotatable bonds is 1. The van der Waals surface area contributed by atoms with E-state index < -0.39 is 0 Å². The highest BCUT2D eigenvalue weighted by Crippen LogP contribution is 2.22. The van der Waals surface area contributed by atoms with Crippen LogP contribution in [0.15, 0.2) is 29.9 Å². The maximum absolute atomic E-state index is 4.54. The van der Waals surface area contributed by atoms with Crippen LogP contribution in [0.4, 0.5) is 0 Å². The van der Waals surface area contributed by atoms with Gasteiger partial charge in [0.05, 0.1) is 11.9 Å². The van der Waals surface area contributed by atoms with Crippen LogP contribution >= 0.6 is 11.3 Å². The Labute approximate surface area is 97.4 Å². The van der Waals surface area contributed by atoms with E-state index >= 15 is 0 Å². The third kappa shape index (κ3) is 1.51. The van der Waals surface area contributed by atoms with Crippen molar-refractivity contribution in [1.29, 1.82) is 0 Å². The van der Waals surface area contributed by atoms with Gasteiger partial charge in [-0.3, -0.25) is 0 Å². The predicted octanol–water partition coefficient (Wildman–Crippen LogP) is 3.07. The maximum atomic E-state index is 4.54. The van der Waals surface area contributed by atoms with E-state index in [0.717, 1.165) is 16.2 Å². The van der Waals surface area contributed by atoms with Crippen LogP contribution in [0, 0.1) is 13.8 Å². The topological polar surface area (TPSA) is 30.2 Å². The summed E-state index contributed by atoms with van der Waals surface area (Å²) in [6.45, 7) is 4.21. The van der Waals surface area contributed by atoms with Gasteiger partial charge in [0.25, 0.3) is 0 Å². The Balaban J connectivity index is 2.18. The molecule has 0 amide bonds. The lowest BCUT2D eigenvalue weighted by molar-refractivity contribution is 0.974. The van der Waals surface area contributed by atoms with Gasteiger partial charge in [-0.2, -0.15) is 5.10 Å². The Bertz CT molecular complexity index is 602. The zero-order valence-electron chi connectivity index (χ0n) is 9.14. The summed E-state index contributed by atoms with van der Waals surface area (Å²) in [7, 11) is 0. The van der Waals surface area contributed by atoms with Crippen LogP contribution in [0.2, 0.25) is 0 Å². The summed E-state index contributed by atoms with van der Waals surface area (Å²) in [5.41, 5.74) is 6.48. The molecule has 3 aromatic rings. The van der Waals surface area contributed by atoms with E-state index in [-0.39, 0.29) is 0 Å². The van der Waals surface area contributed by atoms with E-state index in [4.69, 9.17) is 0 Å². The van der Waals surface area contributed by atoms with Gasteiger partial charge in [0.15, 0.2) is 0 Å². The van der Waals surface area contributed by atoms with Crippen molar-refractivity contribution in [3.8, 4) is 11.3 Å². The normalized spacial score (nSPS) is 11.1. The van der Waals surface area contributed by atoms with E-state index in [1.807, 2.05) is 10.7 Å². The van der Waals surface area contributed by atoms with E-state index in [0.29, 0.717) is 0 Å². The SMILES string of the molecule is Cc1cc(C)cc(-c2cn3ncsc3n2)c1. The second kappa shape index (κ2) is 3.42. The molecule has 0 saturated carbocycles. The molecule has 0 atom stereocenters. The van der Waals surface area contributed by atoms with E-state index in [9.17, 15) is 0 Å². The molecule has 0 fully saturated rings. The van der Waals surface area contributed by atoms with Crippen molar-refractivity contribution in [2.24, 2.45) is 0 Å².